The van der Waals surface area contributed by atoms with Crippen LogP contribution in [0.25, 0.3) is 0 Å². The van der Waals surface area contributed by atoms with Gasteiger partial charge in [-0.2, -0.15) is 0 Å². The van der Waals surface area contributed by atoms with E-state index in [4.69, 9.17) is 12.2 Å². The van der Waals surface area contributed by atoms with Gasteiger partial charge in [0.2, 0.25) is 0 Å². The van der Waals surface area contributed by atoms with Crippen molar-refractivity contribution in [1.82, 2.24) is 10.9 Å². The Kier molecular flexibility index (Phi) is 4.48. The van der Waals surface area contributed by atoms with Crippen molar-refractivity contribution in [2.45, 2.75) is 6.92 Å². The molecule has 1 aromatic heterocycles. The van der Waals surface area contributed by atoms with Gasteiger partial charge in [0.25, 0.3) is 5.91 Å². The van der Waals surface area contributed by atoms with Crippen LogP contribution >= 0.6 is 23.6 Å². The lowest BCUT2D eigenvalue weighted by Gasteiger charge is -2.11. The predicted octanol–water partition coefficient (Wildman–Crippen LogP) is 2.69. The molecule has 1 amide bonds. The summed E-state index contributed by atoms with van der Waals surface area (Å²) in [7, 11) is 0. The van der Waals surface area contributed by atoms with Crippen molar-refractivity contribution in [2.24, 2.45) is 0 Å². The monoisotopic (exact) mass is 291 g/mol. The molecule has 0 bridgehead atoms. The van der Waals surface area contributed by atoms with Gasteiger partial charge in [-0.3, -0.25) is 15.6 Å². The molecule has 2 rings (SSSR count). The minimum Gasteiger partial charge on any atom is -0.331 e. The minimum atomic E-state index is -0.206. The Morgan fingerprint density at radius 3 is 2.53 bits per heavy atom. The number of carbonyl (C=O) groups is 1. The normalized spacial score (nSPS) is 9.74. The molecule has 0 radical (unpaired) electrons. The second-order valence-electron chi connectivity index (χ2n) is 3.88. The van der Waals surface area contributed by atoms with Crippen molar-refractivity contribution < 1.29 is 4.79 Å². The van der Waals surface area contributed by atoms with Crippen LogP contribution in [-0.2, 0) is 0 Å². The molecule has 1 heterocycles. The fraction of sp³-hybridized carbons (Fsp3) is 0.0769. The van der Waals surface area contributed by atoms with E-state index < -0.39 is 0 Å². The molecule has 0 saturated heterocycles. The summed E-state index contributed by atoms with van der Waals surface area (Å²) in [6, 6.07) is 11.4. The van der Waals surface area contributed by atoms with Crippen LogP contribution in [0.2, 0.25) is 0 Å². The van der Waals surface area contributed by atoms with E-state index in [0.29, 0.717) is 9.99 Å². The summed E-state index contributed by atoms with van der Waals surface area (Å²) >= 11 is 6.46. The first-order valence-electron chi connectivity index (χ1n) is 5.62. The molecule has 1 aromatic carbocycles. The molecule has 2 aromatic rings. The number of amides is 1. The molecular weight excluding hydrogens is 278 g/mol. The van der Waals surface area contributed by atoms with Crippen molar-refractivity contribution in [2.75, 3.05) is 5.32 Å². The van der Waals surface area contributed by atoms with E-state index in [1.807, 2.05) is 42.6 Å². The van der Waals surface area contributed by atoms with E-state index in [2.05, 4.69) is 16.2 Å². The third kappa shape index (κ3) is 4.04. The summed E-state index contributed by atoms with van der Waals surface area (Å²) in [5.41, 5.74) is 7.24. The van der Waals surface area contributed by atoms with Crippen molar-refractivity contribution in [3.05, 3.63) is 52.2 Å². The lowest BCUT2D eigenvalue weighted by molar-refractivity contribution is 0.0948. The van der Waals surface area contributed by atoms with Gasteiger partial charge in [0.15, 0.2) is 5.11 Å². The van der Waals surface area contributed by atoms with E-state index in [-0.39, 0.29) is 5.91 Å². The quantitative estimate of drug-likeness (QED) is 0.588. The second-order valence-corrected chi connectivity index (χ2v) is 5.23. The average Bonchev–Trinajstić information content (AvgIpc) is 2.93. The summed E-state index contributed by atoms with van der Waals surface area (Å²) in [5.74, 6) is -0.206. The fourth-order valence-corrected chi connectivity index (χ4v) is 2.17. The van der Waals surface area contributed by atoms with Crippen LogP contribution < -0.4 is 16.2 Å². The van der Waals surface area contributed by atoms with E-state index in [0.717, 1.165) is 5.69 Å². The lowest BCUT2D eigenvalue weighted by Crippen LogP contribution is -2.43. The molecule has 0 unspecified atom stereocenters. The first kappa shape index (κ1) is 13.5. The van der Waals surface area contributed by atoms with Crippen molar-refractivity contribution >= 4 is 40.3 Å². The van der Waals surface area contributed by atoms with Crippen LogP contribution in [0, 0.1) is 6.92 Å². The Labute approximate surface area is 120 Å². The molecule has 0 aliphatic heterocycles. The van der Waals surface area contributed by atoms with Crippen LogP contribution in [0.5, 0.6) is 0 Å². The molecule has 0 aliphatic carbocycles. The summed E-state index contributed by atoms with van der Waals surface area (Å²) in [6.07, 6.45) is 0. The molecule has 4 nitrogen and oxygen atoms in total. The highest BCUT2D eigenvalue weighted by Crippen LogP contribution is 2.08. The molecule has 0 aliphatic rings. The summed E-state index contributed by atoms with van der Waals surface area (Å²) in [6.45, 7) is 2.02. The molecule has 3 N–H and O–H groups in total. The molecular formula is C13H13N3OS2. The Morgan fingerprint density at radius 1 is 1.16 bits per heavy atom. The van der Waals surface area contributed by atoms with Gasteiger partial charge in [-0.25, -0.2) is 0 Å². The molecule has 98 valence electrons. The number of hydrogen-bond donors (Lipinski definition) is 3. The van der Waals surface area contributed by atoms with E-state index >= 15 is 0 Å². The van der Waals surface area contributed by atoms with E-state index in [1.165, 1.54) is 16.9 Å². The number of aryl methyl sites for hydroxylation is 1. The van der Waals surface area contributed by atoms with Crippen LogP contribution in [0.15, 0.2) is 41.8 Å². The van der Waals surface area contributed by atoms with Crippen molar-refractivity contribution in [1.29, 1.82) is 0 Å². The Balaban J connectivity index is 1.82. The highest BCUT2D eigenvalue weighted by molar-refractivity contribution is 7.80. The van der Waals surface area contributed by atoms with Gasteiger partial charge < -0.3 is 5.32 Å². The standard InChI is InChI=1S/C13H13N3OS2/c1-9-4-6-10(7-5-9)14-13(18)16-15-12(17)11-3-2-8-19-11/h2-8H,1H3,(H,15,17)(H2,14,16,18). The number of rotatable bonds is 2. The van der Waals surface area contributed by atoms with E-state index in [1.54, 1.807) is 6.07 Å². The summed E-state index contributed by atoms with van der Waals surface area (Å²) in [4.78, 5) is 12.3. The number of hydrazine groups is 1. The number of carbonyl (C=O) groups excluding carboxylic acids is 1. The smallest absolute Gasteiger partial charge is 0.279 e. The number of thiophene rings is 1. The molecule has 19 heavy (non-hydrogen) atoms. The number of anilines is 1. The Hall–Kier alpha value is -1.92. The van der Waals surface area contributed by atoms with Gasteiger partial charge in [0, 0.05) is 5.69 Å². The topological polar surface area (TPSA) is 53.2 Å². The van der Waals surface area contributed by atoms with Gasteiger partial charge in [-0.1, -0.05) is 23.8 Å². The first-order valence-corrected chi connectivity index (χ1v) is 6.91. The number of benzene rings is 1. The zero-order valence-electron chi connectivity index (χ0n) is 10.3. The number of thiocarbonyl (C=S) groups is 1. The largest absolute Gasteiger partial charge is 0.331 e. The van der Waals surface area contributed by atoms with Gasteiger partial charge in [0.1, 0.15) is 0 Å². The molecule has 6 heteroatoms. The highest BCUT2D eigenvalue weighted by atomic mass is 32.1. The zero-order chi connectivity index (χ0) is 13.7. The van der Waals surface area contributed by atoms with Crippen molar-refractivity contribution in [3.8, 4) is 0 Å². The maximum atomic E-state index is 11.7. The van der Waals surface area contributed by atoms with Crippen LogP contribution in [0.3, 0.4) is 0 Å². The first-order chi connectivity index (χ1) is 9.15. The zero-order valence-corrected chi connectivity index (χ0v) is 11.9. The molecule has 0 atom stereocenters. The summed E-state index contributed by atoms with van der Waals surface area (Å²) in [5, 5.41) is 5.17. The third-order valence-corrected chi connectivity index (χ3v) is 3.42. The number of hydrogen-bond acceptors (Lipinski definition) is 3. The molecule has 0 fully saturated rings. The predicted molar refractivity (Wildman–Crippen MR) is 82.3 cm³/mol. The second kappa shape index (κ2) is 6.31. The Bertz CT molecular complexity index is 564. The highest BCUT2D eigenvalue weighted by Gasteiger charge is 2.06. The van der Waals surface area contributed by atoms with Crippen LogP contribution in [0.1, 0.15) is 15.2 Å². The molecule has 0 saturated carbocycles. The fourth-order valence-electron chi connectivity index (χ4n) is 1.38. The molecule has 0 spiro atoms. The summed E-state index contributed by atoms with van der Waals surface area (Å²) < 4.78 is 0. The van der Waals surface area contributed by atoms with Gasteiger partial charge in [0.05, 0.1) is 4.88 Å². The maximum Gasteiger partial charge on any atom is 0.279 e. The number of nitrogens with one attached hydrogen (secondary N) is 3. The van der Waals surface area contributed by atoms with Gasteiger partial charge in [-0.15, -0.1) is 11.3 Å². The van der Waals surface area contributed by atoms with Crippen LogP contribution in [0.4, 0.5) is 5.69 Å². The van der Waals surface area contributed by atoms with Crippen molar-refractivity contribution in [3.63, 3.8) is 0 Å². The maximum absolute atomic E-state index is 11.7. The lowest BCUT2D eigenvalue weighted by atomic mass is 10.2. The van der Waals surface area contributed by atoms with Gasteiger partial charge in [-0.05, 0) is 42.7 Å². The van der Waals surface area contributed by atoms with Crippen LogP contribution in [-0.4, -0.2) is 11.0 Å². The Morgan fingerprint density at radius 2 is 1.89 bits per heavy atom. The third-order valence-electron chi connectivity index (χ3n) is 2.34. The van der Waals surface area contributed by atoms with Gasteiger partial charge >= 0.3 is 0 Å². The minimum absolute atomic E-state index is 0.206. The SMILES string of the molecule is Cc1ccc(NC(=S)NNC(=O)c2cccs2)cc1. The average molecular weight is 291 g/mol. The van der Waals surface area contributed by atoms with E-state index in [9.17, 15) is 4.79 Å².